The van der Waals surface area contributed by atoms with Gasteiger partial charge in [-0.05, 0) is 88.4 Å². The van der Waals surface area contributed by atoms with E-state index in [0.717, 1.165) is 37.9 Å². The number of pyridine rings is 1. The van der Waals surface area contributed by atoms with E-state index < -0.39 is 45.4 Å². The maximum atomic E-state index is 14.6. The average Bonchev–Trinajstić information content (AvgIpc) is 3.48. The highest BCUT2D eigenvalue weighted by atomic mass is 35.5. The molecule has 228 valence electrons. The number of ether oxygens (including phenoxy) is 2. The molecule has 1 amide bonds. The maximum absolute atomic E-state index is 14.6. The fraction of sp³-hybridized carbons (Fsp3) is 0.355. The van der Waals surface area contributed by atoms with Crippen LogP contribution < -0.4 is 10.0 Å². The number of rotatable bonds is 7. The Morgan fingerprint density at radius 1 is 1.21 bits per heavy atom. The van der Waals surface area contributed by atoms with Gasteiger partial charge in [0.2, 0.25) is 0 Å². The third-order valence-corrected chi connectivity index (χ3v) is 10.2. The van der Waals surface area contributed by atoms with E-state index in [1.54, 1.807) is 6.20 Å². The summed E-state index contributed by atoms with van der Waals surface area (Å²) in [5, 5.41) is 12.3. The summed E-state index contributed by atoms with van der Waals surface area (Å²) < 4.78 is 43.5. The first-order valence-electron chi connectivity index (χ1n) is 13.6. The third kappa shape index (κ3) is 6.68. The highest BCUT2D eigenvalue weighted by Crippen LogP contribution is 2.43. The van der Waals surface area contributed by atoms with Gasteiger partial charge in [0.1, 0.15) is 22.2 Å². The first kappa shape index (κ1) is 31.6. The highest BCUT2D eigenvalue weighted by Gasteiger charge is 2.43. The molecule has 0 spiro atoms. The fourth-order valence-corrected chi connectivity index (χ4v) is 7.35. The van der Waals surface area contributed by atoms with Crippen molar-refractivity contribution < 1.29 is 28.3 Å². The molecular weight excluding hydrogens is 613 g/mol. The Kier molecular flexibility index (Phi) is 8.56. The van der Waals surface area contributed by atoms with Crippen molar-refractivity contribution in [3.8, 4) is 11.3 Å². The second-order valence-electron chi connectivity index (χ2n) is 12.0. The SMILES string of the molecule is CC1(C)OCC(C)(c2ccnc(-c3cccc4cc(C(N[S@@+]([O-])C(C)(C)C)c5cc(NC(=O)O)c(F)cc5Cl)sc34)c2)O1. The topological polar surface area (TPSA) is 116 Å². The number of fused-ring (bicyclic) bond motifs is 1. The lowest BCUT2D eigenvalue weighted by Gasteiger charge is -2.28. The third-order valence-electron chi connectivity index (χ3n) is 7.08. The van der Waals surface area contributed by atoms with Crippen LogP contribution in [0.15, 0.2) is 54.7 Å². The Balaban J connectivity index is 1.61. The molecule has 1 fully saturated rings. The minimum Gasteiger partial charge on any atom is -0.598 e. The summed E-state index contributed by atoms with van der Waals surface area (Å²) in [6.07, 6.45) is 0.340. The molecule has 5 rings (SSSR count). The Morgan fingerprint density at radius 2 is 1.95 bits per heavy atom. The molecule has 0 saturated carbocycles. The van der Waals surface area contributed by atoms with Gasteiger partial charge in [0.25, 0.3) is 0 Å². The number of nitrogens with one attached hydrogen (secondary N) is 2. The zero-order chi connectivity index (χ0) is 31.3. The van der Waals surface area contributed by atoms with Crippen molar-refractivity contribution >= 4 is 56.2 Å². The zero-order valence-electron chi connectivity index (χ0n) is 24.6. The fourth-order valence-electron chi connectivity index (χ4n) is 4.95. The molecule has 1 aliphatic heterocycles. The number of hydrogen-bond acceptors (Lipinski definition) is 7. The van der Waals surface area contributed by atoms with E-state index in [0.29, 0.717) is 12.2 Å². The number of thiophene rings is 1. The Labute approximate surface area is 261 Å². The van der Waals surface area contributed by atoms with Crippen molar-refractivity contribution in [2.24, 2.45) is 0 Å². The number of benzene rings is 2. The van der Waals surface area contributed by atoms with Crippen LogP contribution in [0.5, 0.6) is 0 Å². The van der Waals surface area contributed by atoms with Gasteiger partial charge in [-0.3, -0.25) is 10.3 Å². The van der Waals surface area contributed by atoms with Crippen molar-refractivity contribution in [3.63, 3.8) is 0 Å². The summed E-state index contributed by atoms with van der Waals surface area (Å²) in [6.45, 7) is 11.7. The van der Waals surface area contributed by atoms with Gasteiger partial charge in [-0.15, -0.1) is 16.1 Å². The number of amides is 1. The molecule has 0 bridgehead atoms. The van der Waals surface area contributed by atoms with Crippen LogP contribution in [-0.4, -0.2) is 37.9 Å². The lowest BCUT2D eigenvalue weighted by atomic mass is 9.96. The van der Waals surface area contributed by atoms with Crippen LogP contribution in [0.4, 0.5) is 14.9 Å². The van der Waals surface area contributed by atoms with Crippen LogP contribution in [0, 0.1) is 5.82 Å². The molecule has 0 radical (unpaired) electrons. The standard InChI is InChI=1S/C31H33ClFN3O5S2/c1-29(2,3)43(39)36-26(20-14-24(35-28(37)38)22(33)15-21(20)32)25-12-17-8-7-9-19(27(17)42-25)23-13-18(10-11-34-23)31(6)16-40-30(4,5)41-31/h7-15,26,35-36H,16H2,1-6H3,(H,37,38)/t26?,31?,43-/m0/s1. The number of aromatic nitrogens is 1. The van der Waals surface area contributed by atoms with E-state index in [9.17, 15) is 18.8 Å². The summed E-state index contributed by atoms with van der Waals surface area (Å²) in [5.41, 5.74) is 2.08. The highest BCUT2D eigenvalue weighted by molar-refractivity contribution is 7.90. The van der Waals surface area contributed by atoms with Crippen molar-refractivity contribution in [1.82, 2.24) is 9.71 Å². The number of nitrogens with zero attached hydrogens (tertiary/aromatic N) is 1. The summed E-state index contributed by atoms with van der Waals surface area (Å²) in [5.74, 6) is -1.51. The van der Waals surface area contributed by atoms with Crippen LogP contribution in [0.25, 0.3) is 21.3 Å². The number of carbonyl (C=O) groups is 1. The predicted molar refractivity (Wildman–Crippen MR) is 169 cm³/mol. The number of carboxylic acid groups (broad SMARTS) is 1. The molecule has 2 aromatic heterocycles. The predicted octanol–water partition coefficient (Wildman–Crippen LogP) is 7.99. The van der Waals surface area contributed by atoms with Gasteiger partial charge in [-0.25, -0.2) is 9.18 Å². The molecule has 1 saturated heterocycles. The lowest BCUT2D eigenvalue weighted by Crippen LogP contribution is -2.41. The van der Waals surface area contributed by atoms with Gasteiger partial charge >= 0.3 is 6.09 Å². The van der Waals surface area contributed by atoms with Gasteiger partial charge in [-0.1, -0.05) is 29.8 Å². The first-order valence-corrected chi connectivity index (χ1v) is 15.9. The van der Waals surface area contributed by atoms with E-state index in [2.05, 4.69) is 15.0 Å². The van der Waals surface area contributed by atoms with Crippen LogP contribution in [-0.2, 0) is 26.4 Å². The molecule has 8 nitrogen and oxygen atoms in total. The second-order valence-corrected chi connectivity index (χ2v) is 15.5. The quantitative estimate of drug-likeness (QED) is 0.175. The van der Waals surface area contributed by atoms with E-state index in [1.165, 1.54) is 17.4 Å². The van der Waals surface area contributed by atoms with Gasteiger partial charge in [0.15, 0.2) is 5.79 Å². The Morgan fingerprint density at radius 3 is 2.60 bits per heavy atom. The summed E-state index contributed by atoms with van der Waals surface area (Å²) in [7, 11) is 0. The Bertz CT molecular complexity index is 1690. The van der Waals surface area contributed by atoms with Crippen LogP contribution in [0.1, 0.15) is 63.6 Å². The Hall–Kier alpha value is -2.77. The zero-order valence-corrected chi connectivity index (χ0v) is 27.0. The molecule has 0 aliphatic carbocycles. The summed E-state index contributed by atoms with van der Waals surface area (Å²) in [6, 6.07) is 13.5. The minimum absolute atomic E-state index is 0.0684. The first-order chi connectivity index (χ1) is 20.1. The van der Waals surface area contributed by atoms with Crippen molar-refractivity contribution in [3.05, 3.63) is 81.6 Å². The maximum Gasteiger partial charge on any atom is 0.409 e. The summed E-state index contributed by atoms with van der Waals surface area (Å²) in [4.78, 5) is 16.8. The molecule has 43 heavy (non-hydrogen) atoms. The van der Waals surface area contributed by atoms with E-state index in [-0.39, 0.29) is 10.7 Å². The second kappa shape index (κ2) is 11.6. The van der Waals surface area contributed by atoms with Crippen LogP contribution in [0.2, 0.25) is 5.02 Å². The molecule has 2 unspecified atom stereocenters. The molecule has 3 N–H and O–H groups in total. The molecular formula is C31H33ClFN3O5S2. The average molecular weight is 646 g/mol. The molecule has 3 heterocycles. The van der Waals surface area contributed by atoms with Gasteiger partial charge < -0.3 is 19.1 Å². The normalized spacial score (nSPS) is 19.8. The number of hydrogen-bond donors (Lipinski definition) is 3. The van der Waals surface area contributed by atoms with E-state index >= 15 is 0 Å². The summed E-state index contributed by atoms with van der Waals surface area (Å²) >= 11 is 6.45. The van der Waals surface area contributed by atoms with E-state index in [4.69, 9.17) is 21.1 Å². The van der Waals surface area contributed by atoms with Crippen molar-refractivity contribution in [1.29, 1.82) is 0 Å². The lowest BCUT2D eigenvalue weighted by molar-refractivity contribution is -0.159. The smallest absolute Gasteiger partial charge is 0.409 e. The van der Waals surface area contributed by atoms with Gasteiger partial charge in [-0.2, -0.15) is 0 Å². The monoisotopic (exact) mass is 645 g/mol. The van der Waals surface area contributed by atoms with Crippen LogP contribution in [0.3, 0.4) is 0 Å². The van der Waals surface area contributed by atoms with Crippen molar-refractivity contribution in [2.45, 2.75) is 63.7 Å². The minimum atomic E-state index is -1.55. The molecule has 12 heteroatoms. The molecule has 4 aromatic rings. The largest absolute Gasteiger partial charge is 0.598 e. The van der Waals surface area contributed by atoms with Crippen LogP contribution >= 0.6 is 22.9 Å². The molecule has 3 atom stereocenters. The molecule has 1 aliphatic rings. The number of halogens is 2. The van der Waals surface area contributed by atoms with Crippen molar-refractivity contribution in [2.75, 3.05) is 11.9 Å². The molecule has 2 aromatic carbocycles. The van der Waals surface area contributed by atoms with E-state index in [1.807, 2.05) is 77.9 Å². The van der Waals surface area contributed by atoms with Gasteiger partial charge in [0, 0.05) is 37.7 Å². The number of anilines is 1. The van der Waals surface area contributed by atoms with Gasteiger partial charge in [0.05, 0.1) is 18.0 Å².